The molecule has 0 amide bonds. The van der Waals surface area contributed by atoms with E-state index in [0.29, 0.717) is 19.6 Å². The van der Waals surface area contributed by atoms with Crippen LogP contribution in [0.1, 0.15) is 33.6 Å². The van der Waals surface area contributed by atoms with E-state index in [4.69, 9.17) is 9.16 Å². The minimum atomic E-state index is -2.52. The number of rotatable bonds is 5. The van der Waals surface area contributed by atoms with Crippen LogP contribution in [0, 0.1) is 0 Å². The van der Waals surface area contributed by atoms with Gasteiger partial charge >= 0.3 is 0 Å². The van der Waals surface area contributed by atoms with Gasteiger partial charge in [0.05, 0.1) is 18.8 Å². The fraction of sp³-hybridized carbons (Fsp3) is 0.455. The molecule has 140 valence electrons. The van der Waals surface area contributed by atoms with Crippen molar-refractivity contribution in [2.75, 3.05) is 13.2 Å². The van der Waals surface area contributed by atoms with Crippen molar-refractivity contribution in [1.82, 2.24) is 0 Å². The molecule has 4 heteroatoms. The maximum absolute atomic E-state index is 9.98. The Kier molecular flexibility index (Phi) is 5.98. The van der Waals surface area contributed by atoms with Gasteiger partial charge in [-0.25, -0.2) is 0 Å². The summed E-state index contributed by atoms with van der Waals surface area (Å²) in [5.41, 5.74) is 0. The van der Waals surface area contributed by atoms with E-state index in [1.165, 1.54) is 10.4 Å². The van der Waals surface area contributed by atoms with Crippen molar-refractivity contribution in [2.24, 2.45) is 0 Å². The van der Waals surface area contributed by atoms with Crippen molar-refractivity contribution in [2.45, 2.75) is 50.9 Å². The lowest BCUT2D eigenvalue weighted by molar-refractivity contribution is -0.0614. The molecule has 2 aromatic carbocycles. The SMILES string of the molecule is CC(C)(C)[Si](OCC1CC(O)CCO1)(c1ccccc1)c1ccccc1. The molecule has 2 aromatic rings. The van der Waals surface area contributed by atoms with Gasteiger partial charge in [-0.05, 0) is 21.8 Å². The third kappa shape index (κ3) is 3.94. The van der Waals surface area contributed by atoms with Gasteiger partial charge in [-0.15, -0.1) is 0 Å². The highest BCUT2D eigenvalue weighted by molar-refractivity contribution is 6.99. The normalized spacial score (nSPS) is 21.5. The number of ether oxygens (including phenoxy) is 1. The number of benzene rings is 2. The summed E-state index contributed by atoms with van der Waals surface area (Å²) in [5, 5.41) is 12.5. The van der Waals surface area contributed by atoms with E-state index in [0.717, 1.165) is 6.42 Å². The number of aliphatic hydroxyl groups excluding tert-OH is 1. The Morgan fingerprint density at radius 1 is 1.00 bits per heavy atom. The first-order chi connectivity index (χ1) is 12.4. The largest absolute Gasteiger partial charge is 0.405 e. The lowest BCUT2D eigenvalue weighted by Gasteiger charge is -2.44. The van der Waals surface area contributed by atoms with Crippen molar-refractivity contribution in [3.63, 3.8) is 0 Å². The molecule has 3 rings (SSSR count). The van der Waals surface area contributed by atoms with E-state index < -0.39 is 8.32 Å². The van der Waals surface area contributed by atoms with Gasteiger partial charge in [-0.2, -0.15) is 0 Å². The highest BCUT2D eigenvalue weighted by atomic mass is 28.4. The van der Waals surface area contributed by atoms with Gasteiger partial charge in [0.25, 0.3) is 8.32 Å². The number of aliphatic hydroxyl groups is 1. The Hall–Kier alpha value is -1.46. The molecule has 0 radical (unpaired) electrons. The molecule has 0 spiro atoms. The number of hydrogen-bond donors (Lipinski definition) is 1. The fourth-order valence-electron chi connectivity index (χ4n) is 3.96. The maximum Gasteiger partial charge on any atom is 0.261 e. The molecule has 1 saturated heterocycles. The standard InChI is InChI=1S/C22H30O3Si/c1-22(2,3)26(20-10-6-4-7-11-20,21-12-8-5-9-13-21)25-17-19-16-18(23)14-15-24-19/h4-13,18-19,23H,14-17H2,1-3H3. The molecule has 1 N–H and O–H groups in total. The third-order valence-electron chi connectivity index (χ3n) is 5.24. The van der Waals surface area contributed by atoms with Crippen LogP contribution in [0.2, 0.25) is 5.04 Å². The zero-order valence-corrected chi connectivity index (χ0v) is 17.0. The van der Waals surface area contributed by atoms with Crippen molar-refractivity contribution in [1.29, 1.82) is 0 Å². The Labute approximate surface area is 158 Å². The average molecular weight is 371 g/mol. The smallest absolute Gasteiger partial charge is 0.261 e. The summed E-state index contributed by atoms with van der Waals surface area (Å²) >= 11 is 0. The molecule has 1 aliphatic rings. The molecule has 1 fully saturated rings. The van der Waals surface area contributed by atoms with Gasteiger partial charge in [0, 0.05) is 13.0 Å². The van der Waals surface area contributed by atoms with Crippen LogP contribution in [0.15, 0.2) is 60.7 Å². The predicted molar refractivity (Wildman–Crippen MR) is 109 cm³/mol. The molecule has 1 aliphatic heterocycles. The maximum atomic E-state index is 9.98. The summed E-state index contributed by atoms with van der Waals surface area (Å²) in [7, 11) is -2.52. The highest BCUT2D eigenvalue weighted by Crippen LogP contribution is 2.37. The summed E-state index contributed by atoms with van der Waals surface area (Å²) in [6, 6.07) is 21.3. The van der Waals surface area contributed by atoms with Gasteiger partial charge < -0.3 is 14.3 Å². The molecule has 2 unspecified atom stereocenters. The Balaban J connectivity index is 2.00. The molecule has 3 nitrogen and oxygen atoms in total. The van der Waals surface area contributed by atoms with Crippen LogP contribution in [-0.2, 0) is 9.16 Å². The fourth-order valence-corrected chi connectivity index (χ4v) is 8.55. The molecule has 0 saturated carbocycles. The van der Waals surface area contributed by atoms with Crippen LogP contribution >= 0.6 is 0 Å². The average Bonchev–Trinajstić information content (AvgIpc) is 2.63. The minimum Gasteiger partial charge on any atom is -0.405 e. The van der Waals surface area contributed by atoms with Crippen LogP contribution in [0.4, 0.5) is 0 Å². The zero-order chi connectivity index (χ0) is 18.6. The second kappa shape index (κ2) is 8.05. The summed E-state index contributed by atoms with van der Waals surface area (Å²) in [4.78, 5) is 0. The second-order valence-corrected chi connectivity index (χ2v) is 12.5. The first-order valence-electron chi connectivity index (χ1n) is 9.48. The van der Waals surface area contributed by atoms with E-state index in [1.807, 2.05) is 0 Å². The van der Waals surface area contributed by atoms with Crippen molar-refractivity contribution in [3.05, 3.63) is 60.7 Å². The van der Waals surface area contributed by atoms with Gasteiger partial charge in [0.1, 0.15) is 0 Å². The topological polar surface area (TPSA) is 38.7 Å². The van der Waals surface area contributed by atoms with E-state index in [2.05, 4.69) is 81.4 Å². The molecule has 0 aliphatic carbocycles. The monoisotopic (exact) mass is 370 g/mol. The van der Waals surface area contributed by atoms with Crippen LogP contribution in [-0.4, -0.2) is 38.8 Å². The summed E-state index contributed by atoms with van der Waals surface area (Å²) in [6.07, 6.45) is 1.05. The van der Waals surface area contributed by atoms with Crippen LogP contribution in [0.5, 0.6) is 0 Å². The molecule has 1 heterocycles. The molecular weight excluding hydrogens is 340 g/mol. The predicted octanol–water partition coefficient (Wildman–Crippen LogP) is 3.10. The van der Waals surface area contributed by atoms with Crippen molar-refractivity contribution >= 4 is 18.7 Å². The van der Waals surface area contributed by atoms with Gasteiger partial charge in [-0.1, -0.05) is 81.4 Å². The van der Waals surface area contributed by atoms with E-state index >= 15 is 0 Å². The Bertz CT molecular complexity index is 642. The Morgan fingerprint density at radius 2 is 1.54 bits per heavy atom. The van der Waals surface area contributed by atoms with Crippen LogP contribution in [0.25, 0.3) is 0 Å². The first-order valence-corrected chi connectivity index (χ1v) is 11.4. The van der Waals surface area contributed by atoms with Crippen LogP contribution < -0.4 is 10.4 Å². The summed E-state index contributed by atoms with van der Waals surface area (Å²) in [5.74, 6) is 0. The molecule has 26 heavy (non-hydrogen) atoms. The molecule has 0 bridgehead atoms. The lowest BCUT2D eigenvalue weighted by Crippen LogP contribution is -2.67. The quantitative estimate of drug-likeness (QED) is 0.822. The van der Waals surface area contributed by atoms with Crippen molar-refractivity contribution in [3.8, 4) is 0 Å². The first kappa shape index (κ1) is 19.3. The number of hydrogen-bond acceptors (Lipinski definition) is 3. The summed E-state index contributed by atoms with van der Waals surface area (Å²) < 4.78 is 12.7. The second-order valence-electron chi connectivity index (χ2n) is 8.15. The lowest BCUT2D eigenvalue weighted by atomic mass is 10.1. The van der Waals surface area contributed by atoms with Crippen LogP contribution in [0.3, 0.4) is 0 Å². The molecule has 0 aromatic heterocycles. The van der Waals surface area contributed by atoms with E-state index in [9.17, 15) is 5.11 Å². The molecule has 2 atom stereocenters. The summed E-state index contributed by atoms with van der Waals surface area (Å²) in [6.45, 7) is 7.95. The van der Waals surface area contributed by atoms with Crippen molar-refractivity contribution < 1.29 is 14.3 Å². The van der Waals surface area contributed by atoms with E-state index in [-0.39, 0.29) is 17.2 Å². The zero-order valence-electron chi connectivity index (χ0n) is 16.0. The van der Waals surface area contributed by atoms with Gasteiger partial charge in [-0.3, -0.25) is 0 Å². The van der Waals surface area contributed by atoms with Gasteiger partial charge in [0.2, 0.25) is 0 Å². The van der Waals surface area contributed by atoms with E-state index in [1.54, 1.807) is 0 Å². The molecular formula is C22H30O3Si. The third-order valence-corrected chi connectivity index (χ3v) is 10.2. The Morgan fingerprint density at radius 3 is 2.00 bits per heavy atom. The highest BCUT2D eigenvalue weighted by Gasteiger charge is 2.50. The minimum absolute atomic E-state index is 0.0387. The van der Waals surface area contributed by atoms with Gasteiger partial charge in [0.15, 0.2) is 0 Å².